The van der Waals surface area contributed by atoms with Crippen LogP contribution in [-0.4, -0.2) is 37.0 Å². The predicted octanol–water partition coefficient (Wildman–Crippen LogP) is 2.97. The largest absolute Gasteiger partial charge is 0.495 e. The number of methoxy groups -OCH3 is 1. The van der Waals surface area contributed by atoms with Gasteiger partial charge in [-0.05, 0) is 35.9 Å². The van der Waals surface area contributed by atoms with E-state index in [1.54, 1.807) is 30.3 Å². The molecule has 3 N–H and O–H groups in total. The van der Waals surface area contributed by atoms with Crippen molar-refractivity contribution in [1.29, 1.82) is 0 Å². The normalized spacial score (nSPS) is 10.4. The number of para-hydroxylation sites is 2. The van der Waals surface area contributed by atoms with Gasteiger partial charge in [0, 0.05) is 0 Å². The van der Waals surface area contributed by atoms with Gasteiger partial charge in [-0.25, -0.2) is 15.0 Å². The molecule has 0 aromatic heterocycles. The van der Waals surface area contributed by atoms with Gasteiger partial charge in [0.2, 0.25) is 0 Å². The van der Waals surface area contributed by atoms with Crippen molar-refractivity contribution in [3.05, 3.63) is 53.1 Å². The second kappa shape index (κ2) is 9.28. The van der Waals surface area contributed by atoms with Crippen molar-refractivity contribution in [2.45, 2.75) is 0 Å². The number of hydrogen-bond donors (Lipinski definition) is 3. The molecule has 136 valence electrons. The predicted molar refractivity (Wildman–Crippen MR) is 97.3 cm³/mol. The number of ether oxygens (including phenoxy) is 2. The molecule has 0 aliphatic heterocycles. The molecule has 0 heterocycles. The summed E-state index contributed by atoms with van der Waals surface area (Å²) in [5, 5.41) is 15.2. The van der Waals surface area contributed by atoms with E-state index in [2.05, 4.69) is 15.8 Å². The fraction of sp³-hybridized carbons (Fsp3) is 0.118. The molecule has 2 aromatic rings. The minimum Gasteiger partial charge on any atom is -0.495 e. The molecule has 0 aliphatic carbocycles. The number of hydrogen-bond acceptors (Lipinski definition) is 5. The van der Waals surface area contributed by atoms with Gasteiger partial charge in [-0.3, -0.25) is 0 Å². The zero-order valence-electron chi connectivity index (χ0n) is 13.7. The molecule has 8 nitrogen and oxygen atoms in total. The van der Waals surface area contributed by atoms with Gasteiger partial charge in [0.25, 0.3) is 0 Å². The van der Waals surface area contributed by atoms with E-state index in [0.29, 0.717) is 17.0 Å². The highest BCUT2D eigenvalue weighted by Gasteiger charge is 2.06. The van der Waals surface area contributed by atoms with Crippen LogP contribution in [-0.2, 0) is 4.79 Å². The number of urea groups is 1. The maximum atomic E-state index is 11.8. The lowest BCUT2D eigenvalue weighted by Gasteiger charge is -2.09. The molecular formula is C17H16ClN3O5. The average Bonchev–Trinajstić information content (AvgIpc) is 2.61. The Hall–Kier alpha value is -3.26. The van der Waals surface area contributed by atoms with Gasteiger partial charge in [-0.1, -0.05) is 23.7 Å². The number of amides is 2. The molecule has 0 spiro atoms. The Labute approximate surface area is 154 Å². The topological polar surface area (TPSA) is 109 Å². The third-order valence-corrected chi connectivity index (χ3v) is 3.34. The van der Waals surface area contributed by atoms with Crippen molar-refractivity contribution in [3.8, 4) is 11.5 Å². The van der Waals surface area contributed by atoms with Gasteiger partial charge in [-0.2, -0.15) is 5.10 Å². The summed E-state index contributed by atoms with van der Waals surface area (Å²) >= 11 is 6.00. The Morgan fingerprint density at radius 1 is 1.23 bits per heavy atom. The highest BCUT2D eigenvalue weighted by Crippen LogP contribution is 2.25. The van der Waals surface area contributed by atoms with Gasteiger partial charge < -0.3 is 19.9 Å². The number of nitrogens with zero attached hydrogens (tertiary/aromatic N) is 1. The van der Waals surface area contributed by atoms with E-state index < -0.39 is 18.6 Å². The lowest BCUT2D eigenvalue weighted by atomic mass is 10.2. The molecule has 0 fully saturated rings. The standard InChI is InChI=1S/C17H16ClN3O5/c1-25-15-5-3-2-4-13(15)20-17(24)21-19-9-11-6-7-14(12(18)8-11)26-10-16(22)23/h2-9H,10H2,1H3,(H,22,23)(H2,20,21,24)/b19-9+. The van der Waals surface area contributed by atoms with Crippen LogP contribution >= 0.6 is 11.6 Å². The van der Waals surface area contributed by atoms with E-state index in [1.807, 2.05) is 0 Å². The lowest BCUT2D eigenvalue weighted by molar-refractivity contribution is -0.139. The number of nitrogens with one attached hydrogen (secondary N) is 2. The van der Waals surface area contributed by atoms with Crippen molar-refractivity contribution in [3.63, 3.8) is 0 Å². The van der Waals surface area contributed by atoms with Crippen LogP contribution in [0.1, 0.15) is 5.56 Å². The Morgan fingerprint density at radius 2 is 2.00 bits per heavy atom. The molecule has 0 atom stereocenters. The number of aliphatic carboxylic acids is 1. The second-order valence-corrected chi connectivity index (χ2v) is 5.30. The van der Waals surface area contributed by atoms with Gasteiger partial charge >= 0.3 is 12.0 Å². The SMILES string of the molecule is COc1ccccc1NC(=O)N/N=C/c1ccc(OCC(=O)O)c(Cl)c1. The zero-order chi connectivity index (χ0) is 18.9. The first-order valence-electron chi connectivity index (χ1n) is 7.37. The van der Waals surface area contributed by atoms with E-state index in [4.69, 9.17) is 26.2 Å². The third-order valence-electron chi connectivity index (χ3n) is 3.04. The van der Waals surface area contributed by atoms with E-state index in [9.17, 15) is 9.59 Å². The van der Waals surface area contributed by atoms with Crippen molar-refractivity contribution < 1.29 is 24.2 Å². The summed E-state index contributed by atoms with van der Waals surface area (Å²) in [5.74, 6) is -0.333. The monoisotopic (exact) mass is 377 g/mol. The molecule has 2 rings (SSSR count). The molecule has 0 unspecified atom stereocenters. The Morgan fingerprint density at radius 3 is 2.69 bits per heavy atom. The van der Waals surface area contributed by atoms with E-state index >= 15 is 0 Å². The maximum Gasteiger partial charge on any atom is 0.341 e. The molecule has 0 bridgehead atoms. The number of rotatable bonds is 7. The van der Waals surface area contributed by atoms with Crippen LogP contribution in [0.2, 0.25) is 5.02 Å². The number of carboxylic acids is 1. The van der Waals surface area contributed by atoms with E-state index in [-0.39, 0.29) is 10.8 Å². The fourth-order valence-electron chi connectivity index (χ4n) is 1.92. The Kier molecular flexibility index (Phi) is 6.81. The minimum absolute atomic E-state index is 0.230. The molecule has 2 amide bonds. The smallest absolute Gasteiger partial charge is 0.341 e. The van der Waals surface area contributed by atoms with Gasteiger partial charge in [0.05, 0.1) is 24.0 Å². The summed E-state index contributed by atoms with van der Waals surface area (Å²) in [6.07, 6.45) is 1.38. The molecule has 0 saturated carbocycles. The first kappa shape index (κ1) is 19.1. The summed E-state index contributed by atoms with van der Waals surface area (Å²) < 4.78 is 10.2. The van der Waals surface area contributed by atoms with Crippen molar-refractivity contribution >= 4 is 35.5 Å². The molecule has 2 aromatic carbocycles. The Bertz CT molecular complexity index is 826. The number of hydrazone groups is 1. The maximum absolute atomic E-state index is 11.8. The van der Waals surface area contributed by atoms with Crippen LogP contribution in [0.5, 0.6) is 11.5 Å². The summed E-state index contributed by atoms with van der Waals surface area (Å²) in [7, 11) is 1.50. The van der Waals surface area contributed by atoms with Crippen LogP contribution in [0.3, 0.4) is 0 Å². The minimum atomic E-state index is -1.10. The van der Waals surface area contributed by atoms with Gasteiger partial charge in [0.1, 0.15) is 11.5 Å². The summed E-state index contributed by atoms with van der Waals surface area (Å²) in [6.45, 7) is -0.488. The van der Waals surface area contributed by atoms with Crippen LogP contribution < -0.4 is 20.2 Å². The fourth-order valence-corrected chi connectivity index (χ4v) is 2.16. The Balaban J connectivity index is 1.92. The van der Waals surface area contributed by atoms with E-state index in [0.717, 1.165) is 0 Å². The highest BCUT2D eigenvalue weighted by molar-refractivity contribution is 6.32. The summed E-state index contributed by atoms with van der Waals surface area (Å²) in [4.78, 5) is 22.3. The number of carbonyl (C=O) groups excluding carboxylic acids is 1. The number of benzene rings is 2. The van der Waals surface area contributed by atoms with Crippen molar-refractivity contribution in [2.24, 2.45) is 5.10 Å². The van der Waals surface area contributed by atoms with Gasteiger partial charge in [-0.15, -0.1) is 0 Å². The molecule has 0 saturated heterocycles. The summed E-state index contributed by atoms with van der Waals surface area (Å²) in [6, 6.07) is 11.1. The van der Waals surface area contributed by atoms with Crippen molar-refractivity contribution in [2.75, 3.05) is 19.0 Å². The van der Waals surface area contributed by atoms with E-state index in [1.165, 1.54) is 25.5 Å². The zero-order valence-corrected chi connectivity index (χ0v) is 14.5. The van der Waals surface area contributed by atoms with Crippen LogP contribution in [0.25, 0.3) is 0 Å². The van der Waals surface area contributed by atoms with Crippen LogP contribution in [0.15, 0.2) is 47.6 Å². The molecule has 0 aliphatic rings. The van der Waals surface area contributed by atoms with Crippen molar-refractivity contribution in [1.82, 2.24) is 5.43 Å². The number of anilines is 1. The second-order valence-electron chi connectivity index (χ2n) is 4.90. The van der Waals surface area contributed by atoms with Crippen LogP contribution in [0, 0.1) is 0 Å². The molecular weight excluding hydrogens is 362 g/mol. The first-order valence-corrected chi connectivity index (χ1v) is 7.74. The first-order chi connectivity index (χ1) is 12.5. The number of halogens is 1. The summed E-state index contributed by atoms with van der Waals surface area (Å²) in [5.41, 5.74) is 3.41. The lowest BCUT2D eigenvalue weighted by Crippen LogP contribution is -2.24. The number of carbonyl (C=O) groups is 2. The number of carboxylic acid groups (broad SMARTS) is 1. The third kappa shape index (κ3) is 5.67. The molecule has 26 heavy (non-hydrogen) atoms. The quantitative estimate of drug-likeness (QED) is 0.507. The molecule has 9 heteroatoms. The van der Waals surface area contributed by atoms with Crippen LogP contribution in [0.4, 0.5) is 10.5 Å². The van der Waals surface area contributed by atoms with Gasteiger partial charge in [0.15, 0.2) is 6.61 Å². The average molecular weight is 378 g/mol. The highest BCUT2D eigenvalue weighted by atomic mass is 35.5. The molecule has 0 radical (unpaired) electrons.